The zero-order valence-electron chi connectivity index (χ0n) is 16.9. The molecule has 9 nitrogen and oxygen atoms in total. The summed E-state index contributed by atoms with van der Waals surface area (Å²) in [4.78, 5) is 12.9. The molecular weight excluding hydrogens is 408 g/mol. The first kappa shape index (κ1) is 23.0. The van der Waals surface area contributed by atoms with Gasteiger partial charge in [-0.1, -0.05) is 12.1 Å². The van der Waals surface area contributed by atoms with Crippen LogP contribution >= 0.6 is 0 Å². The number of ether oxygens (including phenoxy) is 3. The highest BCUT2D eigenvalue weighted by Gasteiger charge is 2.45. The van der Waals surface area contributed by atoms with E-state index >= 15 is 0 Å². The fourth-order valence-corrected chi connectivity index (χ4v) is 3.30. The number of phenols is 1. The van der Waals surface area contributed by atoms with Crippen molar-refractivity contribution in [3.63, 3.8) is 0 Å². The largest absolute Gasteiger partial charge is 0.508 e. The van der Waals surface area contributed by atoms with Crippen molar-refractivity contribution in [2.24, 2.45) is 0 Å². The van der Waals surface area contributed by atoms with Gasteiger partial charge in [0.15, 0.2) is 5.78 Å². The van der Waals surface area contributed by atoms with E-state index < -0.39 is 37.3 Å². The lowest BCUT2D eigenvalue weighted by atomic mass is 9.99. The van der Waals surface area contributed by atoms with Crippen molar-refractivity contribution in [2.75, 3.05) is 13.7 Å². The van der Waals surface area contributed by atoms with E-state index in [0.717, 1.165) is 5.56 Å². The molecule has 0 spiro atoms. The zero-order chi connectivity index (χ0) is 22.5. The smallest absolute Gasteiger partial charge is 0.229 e. The molecule has 1 heterocycles. The number of aryl methyl sites for hydroxylation is 1. The van der Waals surface area contributed by atoms with Crippen LogP contribution in [0.4, 0.5) is 0 Å². The topological polar surface area (TPSA) is 146 Å². The van der Waals surface area contributed by atoms with E-state index in [1.807, 2.05) is 0 Å². The summed E-state index contributed by atoms with van der Waals surface area (Å²) < 4.78 is 16.2. The van der Waals surface area contributed by atoms with Gasteiger partial charge in [-0.25, -0.2) is 0 Å². The van der Waals surface area contributed by atoms with Crippen LogP contribution in [0, 0.1) is 0 Å². The van der Waals surface area contributed by atoms with Crippen molar-refractivity contribution in [2.45, 2.75) is 43.5 Å². The first-order valence-corrected chi connectivity index (χ1v) is 9.80. The normalized spacial score (nSPS) is 25.8. The van der Waals surface area contributed by atoms with Crippen molar-refractivity contribution in [3.05, 3.63) is 53.6 Å². The fourth-order valence-electron chi connectivity index (χ4n) is 3.30. The molecule has 1 saturated heterocycles. The number of Topliss-reactive ketones (excluding diaryl/α,β-unsaturated/α-hetero) is 1. The zero-order valence-corrected chi connectivity index (χ0v) is 16.9. The number of hydrogen-bond acceptors (Lipinski definition) is 9. The van der Waals surface area contributed by atoms with Gasteiger partial charge in [0.05, 0.1) is 19.3 Å². The monoisotopic (exact) mass is 434 g/mol. The number of aliphatic hydroxyl groups excluding tert-OH is 4. The Labute approximate surface area is 179 Å². The van der Waals surface area contributed by atoms with Crippen molar-refractivity contribution >= 4 is 5.78 Å². The Morgan fingerprint density at radius 1 is 1.03 bits per heavy atom. The Hall–Kier alpha value is -2.69. The van der Waals surface area contributed by atoms with Gasteiger partial charge in [0, 0.05) is 12.5 Å². The summed E-state index contributed by atoms with van der Waals surface area (Å²) in [5.74, 6) is 0.366. The van der Waals surface area contributed by atoms with Crippen LogP contribution in [0.3, 0.4) is 0 Å². The summed E-state index contributed by atoms with van der Waals surface area (Å²) in [6.07, 6.45) is -6.70. The molecule has 2 aromatic rings. The molecule has 3 rings (SSSR count). The van der Waals surface area contributed by atoms with Crippen molar-refractivity contribution in [3.8, 4) is 17.2 Å². The highest BCUT2D eigenvalue weighted by atomic mass is 16.7. The minimum Gasteiger partial charge on any atom is -0.508 e. The van der Waals surface area contributed by atoms with Gasteiger partial charge in [0.1, 0.15) is 41.7 Å². The molecule has 2 aromatic carbocycles. The first-order valence-electron chi connectivity index (χ1n) is 9.80. The summed E-state index contributed by atoms with van der Waals surface area (Å²) in [6, 6.07) is 11.1. The number of rotatable bonds is 8. The highest BCUT2D eigenvalue weighted by Crippen LogP contribution is 2.30. The van der Waals surface area contributed by atoms with Gasteiger partial charge in [-0.2, -0.15) is 0 Å². The van der Waals surface area contributed by atoms with Gasteiger partial charge in [0.2, 0.25) is 6.29 Å². The van der Waals surface area contributed by atoms with Gasteiger partial charge in [-0.3, -0.25) is 4.79 Å². The number of carbonyl (C=O) groups excluding carboxylic acids is 1. The molecular formula is C22H26O9. The van der Waals surface area contributed by atoms with E-state index in [9.17, 15) is 30.3 Å². The summed E-state index contributed by atoms with van der Waals surface area (Å²) >= 11 is 0. The second kappa shape index (κ2) is 10.1. The quantitative estimate of drug-likeness (QED) is 0.373. The molecule has 5 N–H and O–H groups in total. The molecule has 0 aliphatic carbocycles. The van der Waals surface area contributed by atoms with Crippen LogP contribution in [0.2, 0.25) is 0 Å². The summed E-state index contributed by atoms with van der Waals surface area (Å²) in [7, 11) is 1.44. The number of methoxy groups -OCH3 is 1. The fraction of sp³-hybridized carbons (Fsp3) is 0.409. The second-order valence-electron chi connectivity index (χ2n) is 7.27. The summed E-state index contributed by atoms with van der Waals surface area (Å²) in [5.41, 5.74) is 1.09. The molecule has 0 aromatic heterocycles. The van der Waals surface area contributed by atoms with E-state index in [-0.39, 0.29) is 29.3 Å². The van der Waals surface area contributed by atoms with Crippen molar-refractivity contribution in [1.82, 2.24) is 0 Å². The van der Waals surface area contributed by atoms with E-state index in [1.165, 1.54) is 19.2 Å². The average molecular weight is 434 g/mol. The maximum atomic E-state index is 12.9. The molecule has 31 heavy (non-hydrogen) atoms. The van der Waals surface area contributed by atoms with Gasteiger partial charge >= 0.3 is 0 Å². The molecule has 5 atom stereocenters. The predicted molar refractivity (Wildman–Crippen MR) is 108 cm³/mol. The van der Waals surface area contributed by atoms with Crippen LogP contribution in [0.1, 0.15) is 22.3 Å². The van der Waals surface area contributed by atoms with E-state index in [0.29, 0.717) is 12.2 Å². The van der Waals surface area contributed by atoms with Crippen LogP contribution < -0.4 is 9.47 Å². The summed E-state index contributed by atoms with van der Waals surface area (Å²) in [6.45, 7) is -0.596. The van der Waals surface area contributed by atoms with E-state index in [2.05, 4.69) is 0 Å². The molecule has 1 aliphatic rings. The van der Waals surface area contributed by atoms with Crippen LogP contribution in [0.5, 0.6) is 17.2 Å². The number of hydrogen-bond donors (Lipinski definition) is 5. The maximum absolute atomic E-state index is 12.9. The molecule has 5 unspecified atom stereocenters. The lowest BCUT2D eigenvalue weighted by Gasteiger charge is -2.39. The van der Waals surface area contributed by atoms with Gasteiger partial charge in [-0.15, -0.1) is 0 Å². The van der Waals surface area contributed by atoms with Crippen LogP contribution in [0.15, 0.2) is 42.5 Å². The van der Waals surface area contributed by atoms with Crippen LogP contribution in [-0.2, 0) is 11.2 Å². The van der Waals surface area contributed by atoms with Crippen LogP contribution in [-0.4, -0.2) is 75.7 Å². The van der Waals surface area contributed by atoms with Crippen molar-refractivity contribution < 1.29 is 44.5 Å². The summed E-state index contributed by atoms with van der Waals surface area (Å²) in [5, 5.41) is 48.8. The molecule has 1 fully saturated rings. The number of benzene rings is 2. The molecule has 168 valence electrons. The number of ketones is 1. The van der Waals surface area contributed by atoms with Gasteiger partial charge in [-0.05, 0) is 36.2 Å². The number of aliphatic hydroxyl groups is 4. The standard InChI is InChI=1S/C22H26O9/c1-29-14-7-8-15(16(25)9-4-12-2-5-13(24)6-3-12)17(10-14)30-22-21(28)20(27)19(26)18(11-23)31-22/h2-3,5-8,10,18-24,26-28H,4,9,11H2,1H3. The third-order valence-corrected chi connectivity index (χ3v) is 5.16. The molecule has 0 radical (unpaired) electrons. The Morgan fingerprint density at radius 2 is 1.74 bits per heavy atom. The number of phenolic OH excluding ortho intramolecular Hbond substituents is 1. The second-order valence-corrected chi connectivity index (χ2v) is 7.27. The molecule has 1 aliphatic heterocycles. The average Bonchev–Trinajstić information content (AvgIpc) is 2.78. The number of aromatic hydroxyl groups is 1. The minimum absolute atomic E-state index is 0.0689. The third-order valence-electron chi connectivity index (χ3n) is 5.16. The molecule has 9 heteroatoms. The minimum atomic E-state index is -1.61. The lowest BCUT2D eigenvalue weighted by molar-refractivity contribution is -0.277. The Morgan fingerprint density at radius 3 is 2.39 bits per heavy atom. The third kappa shape index (κ3) is 5.33. The van der Waals surface area contributed by atoms with Crippen molar-refractivity contribution in [1.29, 1.82) is 0 Å². The molecule has 0 amide bonds. The van der Waals surface area contributed by atoms with Crippen LogP contribution in [0.25, 0.3) is 0 Å². The van der Waals surface area contributed by atoms with Gasteiger partial charge in [0.25, 0.3) is 0 Å². The Bertz CT molecular complexity index is 881. The van der Waals surface area contributed by atoms with Gasteiger partial charge < -0.3 is 39.7 Å². The lowest BCUT2D eigenvalue weighted by Crippen LogP contribution is -2.60. The highest BCUT2D eigenvalue weighted by molar-refractivity contribution is 5.99. The molecule has 0 bridgehead atoms. The first-order chi connectivity index (χ1) is 14.8. The Balaban J connectivity index is 1.79. The van der Waals surface area contributed by atoms with E-state index in [4.69, 9.17) is 14.2 Å². The predicted octanol–water partition coefficient (Wildman–Crippen LogP) is 0.395. The Kier molecular flexibility index (Phi) is 7.47. The molecule has 0 saturated carbocycles. The number of carbonyl (C=O) groups is 1. The SMILES string of the molecule is COc1ccc(C(=O)CCc2ccc(O)cc2)c(OC2OC(CO)C(O)C(O)C2O)c1. The van der Waals surface area contributed by atoms with E-state index in [1.54, 1.807) is 30.3 Å². The maximum Gasteiger partial charge on any atom is 0.229 e.